The fraction of sp³-hybridized carbons (Fsp3) is 0.541. The summed E-state index contributed by atoms with van der Waals surface area (Å²) in [6.45, 7) is 2.22. The molecule has 2 heterocycles. The highest BCUT2D eigenvalue weighted by Crippen LogP contribution is 2.42. The Morgan fingerprint density at radius 2 is 1.66 bits per heavy atom. The number of carbonyl (C=O) groups is 3. The average molecular weight is 665 g/mol. The molecule has 3 atom stereocenters. The minimum atomic E-state index is -4.07. The highest BCUT2D eigenvalue weighted by Gasteiger charge is 2.46. The number of furan rings is 1. The molecule has 2 amide bonds. The second-order valence-corrected chi connectivity index (χ2v) is 15.6. The van der Waals surface area contributed by atoms with E-state index in [1.807, 2.05) is 11.8 Å². The SMILES string of the molecule is C[C@H](CF)C1CCC(C(=O)N2CC[C@@H](C3CCCCC3)[C@H]2C(=O)Cc2ccc3oc(C(=O)NS(=O)(=O)c4ccccc4)cc3c2)CC1. The molecule has 3 fully saturated rings. The maximum Gasteiger partial charge on any atom is 0.300 e. The number of nitrogens with zero attached hydrogens (tertiary/aromatic N) is 1. The highest BCUT2D eigenvalue weighted by atomic mass is 32.2. The lowest BCUT2D eigenvalue weighted by atomic mass is 9.74. The van der Waals surface area contributed by atoms with Crippen LogP contribution in [0.15, 0.2) is 63.9 Å². The van der Waals surface area contributed by atoms with Gasteiger partial charge in [-0.15, -0.1) is 0 Å². The van der Waals surface area contributed by atoms with E-state index in [2.05, 4.69) is 4.72 Å². The van der Waals surface area contributed by atoms with Gasteiger partial charge in [0.1, 0.15) is 5.58 Å². The third-order valence-electron chi connectivity index (χ3n) is 10.9. The van der Waals surface area contributed by atoms with Crippen LogP contribution in [-0.4, -0.2) is 50.2 Å². The molecule has 1 N–H and O–H groups in total. The summed E-state index contributed by atoms with van der Waals surface area (Å²) in [6, 6.07) is 13.9. The van der Waals surface area contributed by atoms with Crippen LogP contribution in [0.5, 0.6) is 0 Å². The number of fused-ring (bicyclic) bond motifs is 1. The summed E-state index contributed by atoms with van der Waals surface area (Å²) < 4.78 is 46.3. The van der Waals surface area contributed by atoms with Gasteiger partial charge < -0.3 is 9.32 Å². The summed E-state index contributed by atoms with van der Waals surface area (Å²) in [4.78, 5) is 42.9. The first-order chi connectivity index (χ1) is 22.6. The van der Waals surface area contributed by atoms with Gasteiger partial charge in [0.2, 0.25) is 5.91 Å². The lowest BCUT2D eigenvalue weighted by molar-refractivity contribution is -0.143. The van der Waals surface area contributed by atoms with Crippen LogP contribution < -0.4 is 4.72 Å². The van der Waals surface area contributed by atoms with E-state index in [1.165, 1.54) is 24.6 Å². The molecule has 1 aromatic heterocycles. The molecule has 2 aliphatic carbocycles. The van der Waals surface area contributed by atoms with Gasteiger partial charge in [-0.05, 0) is 91.7 Å². The zero-order valence-electron chi connectivity index (χ0n) is 27.0. The molecule has 252 valence electrons. The number of amides is 2. The van der Waals surface area contributed by atoms with Gasteiger partial charge >= 0.3 is 5.91 Å². The summed E-state index contributed by atoms with van der Waals surface area (Å²) in [6.07, 6.45) is 9.90. The largest absolute Gasteiger partial charge is 0.451 e. The number of halogens is 1. The van der Waals surface area contributed by atoms with Gasteiger partial charge in [0, 0.05) is 24.3 Å². The topological polar surface area (TPSA) is 114 Å². The summed E-state index contributed by atoms with van der Waals surface area (Å²) in [5.41, 5.74) is 1.15. The maximum atomic E-state index is 14.2. The molecule has 1 aliphatic heterocycles. The van der Waals surface area contributed by atoms with E-state index >= 15 is 0 Å². The van der Waals surface area contributed by atoms with Crippen molar-refractivity contribution in [3.8, 4) is 0 Å². The Balaban J connectivity index is 1.18. The van der Waals surface area contributed by atoms with Crippen LogP contribution in [0.4, 0.5) is 4.39 Å². The Morgan fingerprint density at radius 1 is 0.936 bits per heavy atom. The molecular weight excluding hydrogens is 619 g/mol. The number of nitrogens with one attached hydrogen (secondary N) is 1. The van der Waals surface area contributed by atoms with Crippen LogP contribution in [-0.2, 0) is 26.0 Å². The molecule has 0 radical (unpaired) electrons. The predicted molar refractivity (Wildman–Crippen MR) is 177 cm³/mol. The minimum Gasteiger partial charge on any atom is -0.451 e. The van der Waals surface area contributed by atoms with E-state index in [0.717, 1.165) is 63.4 Å². The van der Waals surface area contributed by atoms with Crippen LogP contribution in [0.1, 0.15) is 87.3 Å². The summed E-state index contributed by atoms with van der Waals surface area (Å²) in [5, 5.41) is 0.583. The summed E-state index contributed by atoms with van der Waals surface area (Å²) >= 11 is 0. The fourth-order valence-corrected chi connectivity index (χ4v) is 9.26. The number of benzene rings is 2. The number of rotatable bonds is 10. The molecule has 2 saturated carbocycles. The average Bonchev–Trinajstić information content (AvgIpc) is 3.73. The normalized spacial score (nSPS) is 24.7. The van der Waals surface area contributed by atoms with Crippen LogP contribution >= 0.6 is 0 Å². The first-order valence-corrected chi connectivity index (χ1v) is 18.7. The van der Waals surface area contributed by atoms with Gasteiger partial charge in [-0.1, -0.05) is 63.3 Å². The Hall–Kier alpha value is -3.53. The molecule has 3 aromatic rings. The van der Waals surface area contributed by atoms with Gasteiger partial charge in [0.15, 0.2) is 11.5 Å². The Morgan fingerprint density at radius 3 is 2.36 bits per heavy atom. The van der Waals surface area contributed by atoms with Gasteiger partial charge in [-0.25, -0.2) is 13.1 Å². The zero-order valence-corrected chi connectivity index (χ0v) is 27.9. The monoisotopic (exact) mass is 664 g/mol. The lowest BCUT2D eigenvalue weighted by Gasteiger charge is -2.37. The Labute approximate surface area is 276 Å². The third kappa shape index (κ3) is 7.32. The molecule has 1 saturated heterocycles. The summed E-state index contributed by atoms with van der Waals surface area (Å²) in [5.74, 6) is -0.127. The number of hydrogen-bond acceptors (Lipinski definition) is 6. The van der Waals surface area contributed by atoms with E-state index in [1.54, 1.807) is 36.4 Å². The van der Waals surface area contributed by atoms with Crippen molar-refractivity contribution in [2.75, 3.05) is 13.2 Å². The Kier molecular flexibility index (Phi) is 10.2. The first-order valence-electron chi connectivity index (χ1n) is 17.2. The molecule has 2 aromatic carbocycles. The number of sulfonamides is 1. The fourth-order valence-electron chi connectivity index (χ4n) is 8.28. The van der Waals surface area contributed by atoms with Crippen molar-refractivity contribution in [1.82, 2.24) is 9.62 Å². The molecule has 0 unspecified atom stereocenters. The van der Waals surface area contributed by atoms with Gasteiger partial charge in [-0.2, -0.15) is 0 Å². The van der Waals surface area contributed by atoms with Crippen molar-refractivity contribution in [2.45, 2.75) is 88.5 Å². The van der Waals surface area contributed by atoms with Gasteiger partial charge in [0.05, 0.1) is 17.6 Å². The van der Waals surface area contributed by atoms with Crippen molar-refractivity contribution in [2.24, 2.45) is 29.6 Å². The summed E-state index contributed by atoms with van der Waals surface area (Å²) in [7, 11) is -4.07. The van der Waals surface area contributed by atoms with E-state index < -0.39 is 22.0 Å². The quantitative estimate of drug-likeness (QED) is 0.253. The van der Waals surface area contributed by atoms with Crippen LogP contribution in [0.3, 0.4) is 0 Å². The standard InChI is InChI=1S/C37H45FN2O6S/c1-24(23-38)26-13-15-28(16-14-26)37(43)40-19-18-31(27-8-4-2-5-9-27)35(40)32(41)21-25-12-17-33-29(20-25)22-34(46-33)36(42)39-47(44,45)30-10-6-3-7-11-30/h3,6-7,10-12,17,20,22,24,26-28,31,35H,2,4-5,8-9,13-16,18-19,21,23H2,1H3,(H,39,42)/t24-,26?,28?,31+,35+/m1/s1. The zero-order chi connectivity index (χ0) is 33.1. The van der Waals surface area contributed by atoms with Crippen LogP contribution in [0, 0.1) is 29.6 Å². The number of likely N-dealkylation sites (tertiary alicyclic amines) is 1. The van der Waals surface area contributed by atoms with Gasteiger partial charge in [-0.3, -0.25) is 18.8 Å². The molecule has 0 spiro atoms. The molecule has 10 heteroatoms. The molecule has 0 bridgehead atoms. The number of Topliss-reactive ketones (excluding diaryl/α,β-unsaturated/α-hetero) is 1. The van der Waals surface area contributed by atoms with E-state index in [0.29, 0.717) is 29.3 Å². The number of carbonyl (C=O) groups excluding carboxylic acids is 3. The van der Waals surface area contributed by atoms with Gasteiger partial charge in [0.25, 0.3) is 10.0 Å². The first kappa shape index (κ1) is 33.4. The minimum absolute atomic E-state index is 0.0169. The Bertz CT molecular complexity index is 1690. The highest BCUT2D eigenvalue weighted by molar-refractivity contribution is 7.90. The molecule has 6 rings (SSSR count). The molecule has 47 heavy (non-hydrogen) atoms. The maximum absolute atomic E-state index is 14.2. The van der Waals surface area contributed by atoms with E-state index in [-0.39, 0.29) is 53.2 Å². The van der Waals surface area contributed by atoms with Crippen LogP contribution in [0.2, 0.25) is 0 Å². The lowest BCUT2D eigenvalue weighted by Crippen LogP contribution is -2.48. The predicted octanol–water partition coefficient (Wildman–Crippen LogP) is 6.87. The van der Waals surface area contributed by atoms with Crippen molar-refractivity contribution in [1.29, 1.82) is 0 Å². The van der Waals surface area contributed by atoms with Crippen molar-refractivity contribution < 1.29 is 31.6 Å². The van der Waals surface area contributed by atoms with Crippen molar-refractivity contribution in [3.63, 3.8) is 0 Å². The smallest absolute Gasteiger partial charge is 0.300 e. The molecular formula is C37H45FN2O6S. The van der Waals surface area contributed by atoms with Crippen LogP contribution in [0.25, 0.3) is 11.0 Å². The number of ketones is 1. The van der Waals surface area contributed by atoms with E-state index in [9.17, 15) is 27.2 Å². The van der Waals surface area contributed by atoms with Crippen molar-refractivity contribution >= 4 is 38.6 Å². The second-order valence-electron chi connectivity index (χ2n) is 13.9. The second kappa shape index (κ2) is 14.3. The van der Waals surface area contributed by atoms with E-state index in [4.69, 9.17) is 4.42 Å². The molecule has 3 aliphatic rings. The molecule has 8 nitrogen and oxygen atoms in total. The number of hydrogen-bond donors (Lipinski definition) is 1. The van der Waals surface area contributed by atoms with Crippen molar-refractivity contribution in [3.05, 3.63) is 65.9 Å². The number of alkyl halides is 1. The third-order valence-corrected chi connectivity index (χ3v) is 12.3.